The average Bonchev–Trinajstić information content (AvgIpc) is 2.48. The molecular weight excluding hydrogens is 300 g/mol. The van der Waals surface area contributed by atoms with Gasteiger partial charge in [0.25, 0.3) is 5.79 Å². The van der Waals surface area contributed by atoms with E-state index in [-0.39, 0.29) is 5.57 Å². The minimum atomic E-state index is -1.23. The van der Waals surface area contributed by atoms with Crippen molar-refractivity contribution in [1.29, 1.82) is 0 Å². The molecule has 0 aromatic heterocycles. The van der Waals surface area contributed by atoms with Gasteiger partial charge in [0.05, 0.1) is 6.61 Å². The first-order valence-corrected chi connectivity index (χ1v) is 7.31. The number of hydrogen-bond acceptors (Lipinski definition) is 6. The van der Waals surface area contributed by atoms with Crippen LogP contribution in [0.15, 0.2) is 29.8 Å². The van der Waals surface area contributed by atoms with Crippen molar-refractivity contribution in [3.05, 3.63) is 35.4 Å². The quantitative estimate of drug-likeness (QED) is 0.347. The van der Waals surface area contributed by atoms with E-state index in [4.69, 9.17) is 18.9 Å². The number of carbonyl (C=O) groups excluding carboxylic acids is 2. The van der Waals surface area contributed by atoms with Gasteiger partial charge >= 0.3 is 11.9 Å². The molecule has 1 aliphatic heterocycles. The molecule has 1 fully saturated rings. The van der Waals surface area contributed by atoms with Crippen LogP contribution in [0.5, 0.6) is 5.75 Å². The SMILES string of the molecule is COCCCOc1ccc(C=C2C(=O)OC(C)(C)OC2=O)cc1. The molecule has 23 heavy (non-hydrogen) atoms. The lowest BCUT2D eigenvalue weighted by atomic mass is 10.1. The zero-order valence-corrected chi connectivity index (χ0v) is 13.5. The molecule has 0 saturated carbocycles. The van der Waals surface area contributed by atoms with Crippen molar-refractivity contribution >= 4 is 18.0 Å². The molecule has 1 aromatic rings. The number of benzene rings is 1. The Kier molecular flexibility index (Phi) is 5.39. The van der Waals surface area contributed by atoms with Gasteiger partial charge in [-0.05, 0) is 23.8 Å². The normalized spacial score (nSPS) is 16.6. The standard InChI is InChI=1S/C17H20O6/c1-17(2)22-15(18)14(16(19)23-17)11-12-5-7-13(8-6-12)21-10-4-9-20-3/h5-8,11H,4,9-10H2,1-3H3. The number of cyclic esters (lactones) is 2. The zero-order valence-electron chi connectivity index (χ0n) is 13.5. The van der Waals surface area contributed by atoms with Crippen LogP contribution >= 0.6 is 0 Å². The van der Waals surface area contributed by atoms with Gasteiger partial charge in [0.15, 0.2) is 0 Å². The molecule has 0 atom stereocenters. The Morgan fingerprint density at radius 2 is 1.65 bits per heavy atom. The number of hydrogen-bond donors (Lipinski definition) is 0. The van der Waals surface area contributed by atoms with Gasteiger partial charge in [0, 0.05) is 34.0 Å². The fourth-order valence-electron chi connectivity index (χ4n) is 2.00. The molecule has 0 amide bonds. The third-order valence-electron chi connectivity index (χ3n) is 3.07. The van der Waals surface area contributed by atoms with Gasteiger partial charge in [0.2, 0.25) is 0 Å². The van der Waals surface area contributed by atoms with E-state index in [2.05, 4.69) is 0 Å². The predicted octanol–water partition coefficient (Wildman–Crippen LogP) is 2.32. The second kappa shape index (κ2) is 7.28. The molecule has 1 heterocycles. The summed E-state index contributed by atoms with van der Waals surface area (Å²) >= 11 is 0. The monoisotopic (exact) mass is 320 g/mol. The number of esters is 2. The summed E-state index contributed by atoms with van der Waals surface area (Å²) in [5.41, 5.74) is 0.552. The van der Waals surface area contributed by atoms with Crippen LogP contribution in [-0.4, -0.2) is 38.0 Å². The van der Waals surface area contributed by atoms with Gasteiger partial charge in [-0.3, -0.25) is 0 Å². The lowest BCUT2D eigenvalue weighted by Gasteiger charge is -2.29. The highest BCUT2D eigenvalue weighted by Crippen LogP contribution is 2.24. The van der Waals surface area contributed by atoms with Gasteiger partial charge in [-0.1, -0.05) is 12.1 Å². The van der Waals surface area contributed by atoms with Gasteiger partial charge in [-0.2, -0.15) is 0 Å². The maximum Gasteiger partial charge on any atom is 0.348 e. The van der Waals surface area contributed by atoms with Crippen molar-refractivity contribution in [2.24, 2.45) is 0 Å². The second-order valence-corrected chi connectivity index (χ2v) is 5.50. The first-order valence-electron chi connectivity index (χ1n) is 7.31. The summed E-state index contributed by atoms with van der Waals surface area (Å²) in [7, 11) is 1.64. The summed E-state index contributed by atoms with van der Waals surface area (Å²) in [6.45, 7) is 4.22. The minimum Gasteiger partial charge on any atom is -0.494 e. The van der Waals surface area contributed by atoms with Crippen molar-refractivity contribution in [2.75, 3.05) is 20.3 Å². The van der Waals surface area contributed by atoms with Crippen LogP contribution in [0.4, 0.5) is 0 Å². The molecule has 1 aliphatic rings. The maximum absolute atomic E-state index is 11.9. The molecule has 0 radical (unpaired) electrons. The summed E-state index contributed by atoms with van der Waals surface area (Å²) in [5.74, 6) is -1.90. The smallest absolute Gasteiger partial charge is 0.348 e. The molecule has 1 aromatic carbocycles. The van der Waals surface area contributed by atoms with Gasteiger partial charge < -0.3 is 18.9 Å². The van der Waals surface area contributed by atoms with Crippen LogP contribution in [0.1, 0.15) is 25.8 Å². The molecule has 1 saturated heterocycles. The Morgan fingerprint density at radius 3 is 2.22 bits per heavy atom. The highest BCUT2D eigenvalue weighted by Gasteiger charge is 2.38. The van der Waals surface area contributed by atoms with Crippen molar-refractivity contribution in [2.45, 2.75) is 26.1 Å². The first-order chi connectivity index (χ1) is 10.9. The lowest BCUT2D eigenvalue weighted by molar-refractivity contribution is -0.222. The van der Waals surface area contributed by atoms with Crippen LogP contribution in [0, 0.1) is 0 Å². The van der Waals surface area contributed by atoms with E-state index in [0.29, 0.717) is 24.5 Å². The lowest BCUT2D eigenvalue weighted by Crippen LogP contribution is -2.41. The van der Waals surface area contributed by atoms with E-state index >= 15 is 0 Å². The highest BCUT2D eigenvalue weighted by molar-refractivity contribution is 6.18. The zero-order chi connectivity index (χ0) is 16.9. The van der Waals surface area contributed by atoms with Crippen LogP contribution in [0.2, 0.25) is 0 Å². The minimum absolute atomic E-state index is 0.127. The van der Waals surface area contributed by atoms with E-state index in [1.807, 2.05) is 0 Å². The molecule has 0 N–H and O–H groups in total. The van der Waals surface area contributed by atoms with Crippen molar-refractivity contribution < 1.29 is 28.5 Å². The summed E-state index contributed by atoms with van der Waals surface area (Å²) in [5, 5.41) is 0. The van der Waals surface area contributed by atoms with Crippen molar-refractivity contribution in [3.63, 3.8) is 0 Å². The Morgan fingerprint density at radius 1 is 1.04 bits per heavy atom. The topological polar surface area (TPSA) is 71.1 Å². The number of ether oxygens (including phenoxy) is 4. The van der Waals surface area contributed by atoms with Crippen LogP contribution in [-0.2, 0) is 23.8 Å². The van der Waals surface area contributed by atoms with Crippen molar-refractivity contribution in [3.8, 4) is 5.75 Å². The molecule has 0 aliphatic carbocycles. The molecule has 2 rings (SSSR count). The predicted molar refractivity (Wildman–Crippen MR) is 82.7 cm³/mol. The number of rotatable bonds is 6. The summed E-state index contributed by atoms with van der Waals surface area (Å²) < 4.78 is 20.6. The van der Waals surface area contributed by atoms with E-state index < -0.39 is 17.7 Å². The molecule has 124 valence electrons. The van der Waals surface area contributed by atoms with E-state index in [0.717, 1.165) is 6.42 Å². The van der Waals surface area contributed by atoms with Crippen LogP contribution in [0.3, 0.4) is 0 Å². The van der Waals surface area contributed by atoms with Crippen LogP contribution < -0.4 is 4.74 Å². The Balaban J connectivity index is 2.02. The number of methoxy groups -OCH3 is 1. The fraction of sp³-hybridized carbons (Fsp3) is 0.412. The third-order valence-corrected chi connectivity index (χ3v) is 3.07. The van der Waals surface area contributed by atoms with Gasteiger partial charge in [-0.15, -0.1) is 0 Å². The van der Waals surface area contributed by atoms with E-state index in [1.165, 1.54) is 19.9 Å². The van der Waals surface area contributed by atoms with E-state index in [9.17, 15) is 9.59 Å². The van der Waals surface area contributed by atoms with E-state index in [1.54, 1.807) is 31.4 Å². The molecule has 6 nitrogen and oxygen atoms in total. The molecule has 0 unspecified atom stereocenters. The largest absolute Gasteiger partial charge is 0.494 e. The highest BCUT2D eigenvalue weighted by atomic mass is 16.7. The maximum atomic E-state index is 11.9. The third kappa shape index (κ3) is 4.82. The molecule has 0 bridgehead atoms. The Hall–Kier alpha value is -2.34. The second-order valence-electron chi connectivity index (χ2n) is 5.50. The van der Waals surface area contributed by atoms with Crippen LogP contribution in [0.25, 0.3) is 6.08 Å². The Labute approximate surface area is 135 Å². The van der Waals surface area contributed by atoms with Gasteiger partial charge in [0.1, 0.15) is 11.3 Å². The molecule has 6 heteroatoms. The summed E-state index contributed by atoms with van der Waals surface area (Å²) in [6.07, 6.45) is 2.24. The van der Waals surface area contributed by atoms with Crippen molar-refractivity contribution in [1.82, 2.24) is 0 Å². The number of carbonyl (C=O) groups is 2. The fourth-order valence-corrected chi connectivity index (χ4v) is 2.00. The van der Waals surface area contributed by atoms with Gasteiger partial charge in [-0.25, -0.2) is 9.59 Å². The molecule has 0 spiro atoms. The summed E-state index contributed by atoms with van der Waals surface area (Å²) in [4.78, 5) is 23.7. The first kappa shape index (κ1) is 17.0. The molecular formula is C17H20O6. The Bertz CT molecular complexity index is 578. The summed E-state index contributed by atoms with van der Waals surface area (Å²) in [6, 6.07) is 7.03. The average molecular weight is 320 g/mol.